The molecule has 1 aliphatic heterocycles. The smallest absolute Gasteiger partial charge is 0.217 e. The van der Waals surface area contributed by atoms with Crippen molar-refractivity contribution >= 4 is 16.5 Å². The molecule has 0 radical (unpaired) electrons. The van der Waals surface area contributed by atoms with Gasteiger partial charge in [-0.25, -0.2) is 4.98 Å². The van der Waals surface area contributed by atoms with Gasteiger partial charge in [0.15, 0.2) is 0 Å². The van der Waals surface area contributed by atoms with E-state index < -0.39 is 5.60 Å². The Morgan fingerprint density at radius 2 is 1.68 bits per heavy atom. The zero-order valence-corrected chi connectivity index (χ0v) is 22.1. The average Bonchev–Trinajstić information content (AvgIpc) is 3.47. The van der Waals surface area contributed by atoms with Crippen LogP contribution in [0.4, 0.5) is 5.69 Å². The summed E-state index contributed by atoms with van der Waals surface area (Å²) in [6.07, 6.45) is 4.83. The van der Waals surface area contributed by atoms with Crippen molar-refractivity contribution < 1.29 is 9.84 Å². The van der Waals surface area contributed by atoms with Crippen molar-refractivity contribution in [3.8, 4) is 5.88 Å². The lowest BCUT2D eigenvalue weighted by molar-refractivity contribution is 0.00516. The van der Waals surface area contributed by atoms with Crippen molar-refractivity contribution in [2.75, 3.05) is 45.7 Å². The van der Waals surface area contributed by atoms with E-state index >= 15 is 0 Å². The van der Waals surface area contributed by atoms with E-state index in [4.69, 9.17) is 9.72 Å². The van der Waals surface area contributed by atoms with Gasteiger partial charge in [0.2, 0.25) is 5.88 Å². The molecule has 2 atom stereocenters. The van der Waals surface area contributed by atoms with E-state index in [1.807, 2.05) is 36.5 Å². The number of hydrogen-bond acceptors (Lipinski definition) is 5. The summed E-state index contributed by atoms with van der Waals surface area (Å²) in [4.78, 5) is 9.28. The van der Waals surface area contributed by atoms with E-state index in [0.29, 0.717) is 12.3 Å². The molecule has 5 nitrogen and oxygen atoms in total. The van der Waals surface area contributed by atoms with Crippen molar-refractivity contribution in [3.05, 3.63) is 102 Å². The quantitative estimate of drug-likeness (QED) is 0.317. The summed E-state index contributed by atoms with van der Waals surface area (Å²) in [5.74, 6) is 0.171. The highest BCUT2D eigenvalue weighted by Gasteiger charge is 2.43. The van der Waals surface area contributed by atoms with Crippen molar-refractivity contribution in [2.24, 2.45) is 0 Å². The van der Waals surface area contributed by atoms with Gasteiger partial charge in [0, 0.05) is 31.1 Å². The van der Waals surface area contributed by atoms with Crippen molar-refractivity contribution in [1.29, 1.82) is 0 Å². The SMILES string of the molecule is COc1ncc(N2CCCC2)cc1C(c1ccccc1)C(O)(CCN(C)C)c1cccc2ccccc12. The summed E-state index contributed by atoms with van der Waals surface area (Å²) >= 11 is 0. The van der Waals surface area contributed by atoms with E-state index in [9.17, 15) is 5.11 Å². The monoisotopic (exact) mass is 495 g/mol. The molecular formula is C32H37N3O2. The first-order chi connectivity index (χ1) is 18.0. The Hall–Kier alpha value is -3.41. The standard InChI is InChI=1S/C32H37N3O2/c1-34(2)21-18-32(36,29-17-11-15-24-12-7-8-16-27(24)29)30(25-13-5-4-6-14-25)28-22-26(23-33-31(28)37-3)35-19-9-10-20-35/h4-8,11-17,22-23,30,36H,9-10,18-21H2,1-3H3. The number of methoxy groups -OCH3 is 1. The third kappa shape index (κ3) is 5.07. The van der Waals surface area contributed by atoms with Crippen LogP contribution in [0, 0.1) is 0 Å². The van der Waals surface area contributed by atoms with E-state index in [2.05, 4.69) is 72.4 Å². The van der Waals surface area contributed by atoms with Crippen molar-refractivity contribution in [3.63, 3.8) is 0 Å². The molecule has 0 aliphatic carbocycles. The maximum atomic E-state index is 13.0. The van der Waals surface area contributed by atoms with Crippen LogP contribution in [0.5, 0.6) is 5.88 Å². The first-order valence-corrected chi connectivity index (χ1v) is 13.2. The van der Waals surface area contributed by atoms with Crippen LogP contribution in [0.1, 0.15) is 41.9 Å². The summed E-state index contributed by atoms with van der Waals surface area (Å²) in [5.41, 5.74) is 2.74. The summed E-state index contributed by atoms with van der Waals surface area (Å²) in [6, 6.07) is 27.1. The molecule has 0 saturated carbocycles. The molecule has 1 aromatic heterocycles. The van der Waals surface area contributed by atoms with Crippen molar-refractivity contribution in [2.45, 2.75) is 30.8 Å². The molecule has 1 N–H and O–H groups in total. The minimum atomic E-state index is -1.22. The zero-order chi connectivity index (χ0) is 25.8. The van der Waals surface area contributed by atoms with Gasteiger partial charge in [-0.1, -0.05) is 72.8 Å². The molecule has 0 spiro atoms. The first-order valence-electron chi connectivity index (χ1n) is 13.2. The lowest BCUT2D eigenvalue weighted by atomic mass is 9.70. The molecule has 2 heterocycles. The molecule has 4 aromatic rings. The lowest BCUT2D eigenvalue weighted by Crippen LogP contribution is -2.38. The number of aliphatic hydroxyl groups is 1. The van der Waals surface area contributed by atoms with E-state index in [1.165, 1.54) is 12.8 Å². The highest BCUT2D eigenvalue weighted by atomic mass is 16.5. The normalized spacial score (nSPS) is 16.2. The number of aromatic nitrogens is 1. The molecule has 192 valence electrons. The fourth-order valence-corrected chi connectivity index (χ4v) is 5.77. The van der Waals surface area contributed by atoms with Gasteiger partial charge < -0.3 is 19.6 Å². The predicted octanol–water partition coefficient (Wildman–Crippen LogP) is 5.82. The van der Waals surface area contributed by atoms with Crippen LogP contribution in [-0.4, -0.2) is 55.8 Å². The topological polar surface area (TPSA) is 48.8 Å². The minimum absolute atomic E-state index is 0.385. The summed E-state index contributed by atoms with van der Waals surface area (Å²) < 4.78 is 5.86. The number of benzene rings is 3. The van der Waals surface area contributed by atoms with Crippen molar-refractivity contribution in [1.82, 2.24) is 9.88 Å². The fourth-order valence-electron chi connectivity index (χ4n) is 5.77. The molecule has 2 unspecified atom stereocenters. The Kier molecular flexibility index (Phi) is 7.45. The van der Waals surface area contributed by atoms with Gasteiger partial charge >= 0.3 is 0 Å². The highest BCUT2D eigenvalue weighted by Crippen LogP contribution is 2.49. The maximum Gasteiger partial charge on any atom is 0.217 e. The molecule has 5 rings (SSSR count). The largest absolute Gasteiger partial charge is 0.481 e. The van der Waals surface area contributed by atoms with Crippen LogP contribution in [0.3, 0.4) is 0 Å². The molecule has 0 bridgehead atoms. The maximum absolute atomic E-state index is 13.0. The second-order valence-electron chi connectivity index (χ2n) is 10.3. The highest BCUT2D eigenvalue weighted by molar-refractivity contribution is 5.86. The van der Waals surface area contributed by atoms with E-state index in [0.717, 1.165) is 52.8 Å². The molecule has 3 aromatic carbocycles. The third-order valence-corrected chi connectivity index (χ3v) is 7.65. The van der Waals surface area contributed by atoms with Crippen LogP contribution in [-0.2, 0) is 5.60 Å². The summed E-state index contributed by atoms with van der Waals surface area (Å²) in [7, 11) is 5.77. The van der Waals surface area contributed by atoms with Gasteiger partial charge in [-0.05, 0) is 61.3 Å². The third-order valence-electron chi connectivity index (χ3n) is 7.65. The predicted molar refractivity (Wildman–Crippen MR) is 152 cm³/mol. The average molecular weight is 496 g/mol. The van der Waals surface area contributed by atoms with Crippen LogP contribution >= 0.6 is 0 Å². The number of rotatable bonds is 9. The molecule has 37 heavy (non-hydrogen) atoms. The zero-order valence-electron chi connectivity index (χ0n) is 22.1. The van der Waals surface area contributed by atoms with Gasteiger partial charge in [0.25, 0.3) is 0 Å². The fraction of sp³-hybridized carbons (Fsp3) is 0.344. The van der Waals surface area contributed by atoms with Gasteiger partial charge in [0.05, 0.1) is 19.0 Å². The second kappa shape index (κ2) is 10.9. The molecule has 1 fully saturated rings. The number of nitrogens with zero attached hydrogens (tertiary/aromatic N) is 3. The Bertz CT molecular complexity index is 1330. The van der Waals surface area contributed by atoms with Gasteiger partial charge in [-0.15, -0.1) is 0 Å². The van der Waals surface area contributed by atoms with Gasteiger partial charge in [-0.3, -0.25) is 0 Å². The number of anilines is 1. The lowest BCUT2D eigenvalue weighted by Gasteiger charge is -2.39. The Balaban J connectivity index is 1.77. The molecule has 5 heteroatoms. The molecular weight excluding hydrogens is 458 g/mol. The van der Waals surface area contributed by atoms with Crippen LogP contribution < -0.4 is 9.64 Å². The second-order valence-corrected chi connectivity index (χ2v) is 10.3. The van der Waals surface area contributed by atoms with Crippen LogP contribution in [0.15, 0.2) is 85.1 Å². The first kappa shape index (κ1) is 25.2. The van der Waals surface area contributed by atoms with E-state index in [1.54, 1.807) is 7.11 Å². The Labute approximate surface area is 220 Å². The van der Waals surface area contributed by atoms with Gasteiger partial charge in [0.1, 0.15) is 5.60 Å². The Morgan fingerprint density at radius 1 is 0.973 bits per heavy atom. The minimum Gasteiger partial charge on any atom is -0.481 e. The molecule has 1 aliphatic rings. The number of ether oxygens (including phenoxy) is 1. The molecule has 0 amide bonds. The summed E-state index contributed by atoms with van der Waals surface area (Å²) in [5, 5.41) is 15.2. The number of fused-ring (bicyclic) bond motifs is 1. The van der Waals surface area contributed by atoms with E-state index in [-0.39, 0.29) is 5.92 Å². The Morgan fingerprint density at radius 3 is 2.41 bits per heavy atom. The van der Waals surface area contributed by atoms with Crippen LogP contribution in [0.25, 0.3) is 10.8 Å². The van der Waals surface area contributed by atoms with Crippen LogP contribution in [0.2, 0.25) is 0 Å². The number of pyridine rings is 1. The number of hydrogen-bond donors (Lipinski definition) is 1. The van der Waals surface area contributed by atoms with Gasteiger partial charge in [-0.2, -0.15) is 0 Å². The molecule has 1 saturated heterocycles. The summed E-state index contributed by atoms with van der Waals surface area (Å²) in [6.45, 7) is 2.78.